The highest BCUT2D eigenvalue weighted by molar-refractivity contribution is 5.92. The second kappa shape index (κ2) is 6.46. The van der Waals surface area contributed by atoms with Gasteiger partial charge in [-0.2, -0.15) is 0 Å². The quantitative estimate of drug-likeness (QED) is 0.472. The summed E-state index contributed by atoms with van der Waals surface area (Å²) >= 11 is 0. The number of rotatable bonds is 3. The van der Waals surface area contributed by atoms with Crippen molar-refractivity contribution < 1.29 is 4.79 Å². The maximum Gasteiger partial charge on any atom is 0.315 e. The lowest BCUT2D eigenvalue weighted by Gasteiger charge is -2.39. The third-order valence-corrected chi connectivity index (χ3v) is 4.94. The standard InChI is InChI=1S/C15H28N4O/c1-11-7-9-15(10-8-11,13(16)17)19-14(20)18-12-5-3-2-4-6-12/h11-12H,2-10H2,1H3,(H3,16,17)(H2,18,19,20). The summed E-state index contributed by atoms with van der Waals surface area (Å²) in [6, 6.07) is 0.136. The maximum atomic E-state index is 12.2. The van der Waals surface area contributed by atoms with Gasteiger partial charge in [0.25, 0.3) is 0 Å². The highest BCUT2D eigenvalue weighted by Gasteiger charge is 2.38. The number of carbonyl (C=O) groups is 1. The fraction of sp³-hybridized carbons (Fsp3) is 0.867. The van der Waals surface area contributed by atoms with Gasteiger partial charge in [0.2, 0.25) is 0 Å². The van der Waals surface area contributed by atoms with Gasteiger partial charge >= 0.3 is 6.03 Å². The normalized spacial score (nSPS) is 31.6. The van der Waals surface area contributed by atoms with Crippen molar-refractivity contribution in [1.29, 1.82) is 5.41 Å². The second-order valence-electron chi connectivity index (χ2n) is 6.61. The summed E-state index contributed by atoms with van der Waals surface area (Å²) in [5.74, 6) is 0.758. The van der Waals surface area contributed by atoms with E-state index in [1.807, 2.05) is 0 Å². The molecule has 2 amide bonds. The van der Waals surface area contributed by atoms with Crippen LogP contribution in [0.2, 0.25) is 0 Å². The minimum Gasteiger partial charge on any atom is -0.386 e. The predicted octanol–water partition coefficient (Wildman–Crippen LogP) is 2.50. The van der Waals surface area contributed by atoms with Crippen molar-refractivity contribution >= 4 is 11.9 Å². The van der Waals surface area contributed by atoms with Crippen LogP contribution in [0.3, 0.4) is 0 Å². The van der Waals surface area contributed by atoms with Crippen molar-refractivity contribution in [3.63, 3.8) is 0 Å². The van der Waals surface area contributed by atoms with Gasteiger partial charge in [0, 0.05) is 6.04 Å². The molecule has 0 heterocycles. The molecule has 0 aromatic carbocycles. The Morgan fingerprint density at radius 2 is 1.75 bits per heavy atom. The minimum absolute atomic E-state index is 0.100. The summed E-state index contributed by atoms with van der Waals surface area (Å²) in [5, 5.41) is 13.9. The number of hydrogen-bond donors (Lipinski definition) is 4. The fourth-order valence-electron chi connectivity index (χ4n) is 3.40. The summed E-state index contributed by atoms with van der Waals surface area (Å²) in [5.41, 5.74) is 5.15. The third-order valence-electron chi connectivity index (χ3n) is 4.94. The fourth-order valence-corrected chi connectivity index (χ4v) is 3.40. The Kier molecular flexibility index (Phi) is 4.89. The minimum atomic E-state index is -0.620. The van der Waals surface area contributed by atoms with Crippen LogP contribution in [0.5, 0.6) is 0 Å². The zero-order valence-electron chi connectivity index (χ0n) is 12.5. The molecule has 2 aliphatic rings. The van der Waals surface area contributed by atoms with E-state index >= 15 is 0 Å². The summed E-state index contributed by atoms with van der Waals surface area (Å²) in [6.07, 6.45) is 9.39. The van der Waals surface area contributed by atoms with E-state index in [-0.39, 0.29) is 17.9 Å². The molecule has 0 aromatic rings. The van der Waals surface area contributed by atoms with E-state index in [4.69, 9.17) is 11.1 Å². The van der Waals surface area contributed by atoms with E-state index < -0.39 is 5.54 Å². The van der Waals surface area contributed by atoms with Gasteiger partial charge in [0.1, 0.15) is 5.84 Å². The smallest absolute Gasteiger partial charge is 0.315 e. The first kappa shape index (κ1) is 15.1. The lowest BCUT2D eigenvalue weighted by Crippen LogP contribution is -2.61. The van der Waals surface area contributed by atoms with Crippen LogP contribution >= 0.6 is 0 Å². The van der Waals surface area contributed by atoms with Gasteiger partial charge in [-0.25, -0.2) is 4.79 Å². The van der Waals surface area contributed by atoms with Gasteiger partial charge in [-0.3, -0.25) is 5.41 Å². The van der Waals surface area contributed by atoms with Gasteiger partial charge < -0.3 is 16.4 Å². The molecule has 0 unspecified atom stereocenters. The van der Waals surface area contributed by atoms with Gasteiger partial charge in [-0.15, -0.1) is 0 Å². The number of amidine groups is 1. The highest BCUT2D eigenvalue weighted by atomic mass is 16.2. The molecule has 2 saturated carbocycles. The molecule has 114 valence electrons. The molecule has 2 aliphatic carbocycles. The van der Waals surface area contributed by atoms with E-state index in [2.05, 4.69) is 17.6 Å². The van der Waals surface area contributed by atoms with E-state index in [1.165, 1.54) is 19.3 Å². The zero-order valence-corrected chi connectivity index (χ0v) is 12.5. The maximum absolute atomic E-state index is 12.2. The molecule has 5 nitrogen and oxygen atoms in total. The van der Waals surface area contributed by atoms with Crippen LogP contribution in [-0.2, 0) is 0 Å². The number of amides is 2. The molecule has 5 heteroatoms. The molecule has 0 radical (unpaired) electrons. The average Bonchev–Trinajstić information content (AvgIpc) is 2.42. The number of urea groups is 1. The summed E-state index contributed by atoms with van der Waals surface area (Å²) in [4.78, 5) is 12.2. The van der Waals surface area contributed by atoms with Crippen molar-refractivity contribution in [3.05, 3.63) is 0 Å². The summed E-state index contributed by atoms with van der Waals surface area (Å²) < 4.78 is 0. The topological polar surface area (TPSA) is 91.0 Å². The molecule has 2 fully saturated rings. The van der Waals surface area contributed by atoms with E-state index in [1.54, 1.807) is 0 Å². The van der Waals surface area contributed by atoms with Crippen LogP contribution in [0.1, 0.15) is 64.7 Å². The highest BCUT2D eigenvalue weighted by Crippen LogP contribution is 2.31. The molecule has 0 aliphatic heterocycles. The molecular weight excluding hydrogens is 252 g/mol. The van der Waals surface area contributed by atoms with E-state index in [0.29, 0.717) is 5.92 Å². The number of nitrogens with one attached hydrogen (secondary N) is 3. The van der Waals surface area contributed by atoms with Crippen LogP contribution in [0, 0.1) is 11.3 Å². The van der Waals surface area contributed by atoms with Crippen molar-refractivity contribution in [2.75, 3.05) is 0 Å². The molecule has 20 heavy (non-hydrogen) atoms. The largest absolute Gasteiger partial charge is 0.386 e. The first-order chi connectivity index (χ1) is 9.52. The van der Waals surface area contributed by atoms with Crippen molar-refractivity contribution in [2.24, 2.45) is 11.7 Å². The number of carbonyl (C=O) groups excluding carboxylic acids is 1. The first-order valence-corrected chi connectivity index (χ1v) is 7.95. The molecule has 0 saturated heterocycles. The van der Waals surface area contributed by atoms with E-state index in [9.17, 15) is 4.79 Å². The molecular formula is C15H28N4O. The van der Waals surface area contributed by atoms with Gasteiger partial charge in [0.05, 0.1) is 5.54 Å². The summed E-state index contributed by atoms with van der Waals surface area (Å²) in [7, 11) is 0. The van der Waals surface area contributed by atoms with Gasteiger partial charge in [-0.1, -0.05) is 26.2 Å². The van der Waals surface area contributed by atoms with Crippen LogP contribution in [0.4, 0.5) is 4.79 Å². The molecule has 2 rings (SSSR count). The molecule has 0 spiro atoms. The Bertz CT molecular complexity index is 355. The average molecular weight is 280 g/mol. The molecule has 0 atom stereocenters. The second-order valence-corrected chi connectivity index (χ2v) is 6.61. The predicted molar refractivity (Wildman–Crippen MR) is 80.8 cm³/mol. The van der Waals surface area contributed by atoms with Gasteiger partial charge in [-0.05, 0) is 44.4 Å². The molecule has 5 N–H and O–H groups in total. The lowest BCUT2D eigenvalue weighted by molar-refractivity contribution is 0.209. The Balaban J connectivity index is 1.90. The van der Waals surface area contributed by atoms with Crippen molar-refractivity contribution in [1.82, 2.24) is 10.6 Å². The number of nitrogens with two attached hydrogens (primary N) is 1. The first-order valence-electron chi connectivity index (χ1n) is 7.95. The van der Waals surface area contributed by atoms with Crippen LogP contribution < -0.4 is 16.4 Å². The third kappa shape index (κ3) is 3.64. The van der Waals surface area contributed by atoms with Crippen LogP contribution in [-0.4, -0.2) is 23.4 Å². The SMILES string of the molecule is CC1CCC(NC(=O)NC2CCCCC2)(C(=N)N)CC1. The van der Waals surface area contributed by atoms with Crippen LogP contribution in [0.25, 0.3) is 0 Å². The number of hydrogen-bond acceptors (Lipinski definition) is 2. The van der Waals surface area contributed by atoms with Crippen LogP contribution in [0.15, 0.2) is 0 Å². The Labute approximate surface area is 121 Å². The summed E-state index contributed by atoms with van der Waals surface area (Å²) in [6.45, 7) is 2.21. The Morgan fingerprint density at radius 1 is 1.15 bits per heavy atom. The van der Waals surface area contributed by atoms with Gasteiger partial charge in [0.15, 0.2) is 0 Å². The Hall–Kier alpha value is -1.26. The van der Waals surface area contributed by atoms with E-state index in [0.717, 1.165) is 38.5 Å². The van der Waals surface area contributed by atoms with Crippen molar-refractivity contribution in [2.45, 2.75) is 76.3 Å². The Morgan fingerprint density at radius 3 is 2.30 bits per heavy atom. The molecule has 0 aromatic heterocycles. The van der Waals surface area contributed by atoms with Crippen molar-refractivity contribution in [3.8, 4) is 0 Å². The zero-order chi connectivity index (χ0) is 14.6. The lowest BCUT2D eigenvalue weighted by atomic mass is 9.76. The monoisotopic (exact) mass is 280 g/mol. The molecule has 0 bridgehead atoms.